The van der Waals surface area contributed by atoms with Crippen LogP contribution in [0.3, 0.4) is 0 Å². The van der Waals surface area contributed by atoms with Crippen LogP contribution < -0.4 is 4.57 Å². The van der Waals surface area contributed by atoms with Crippen molar-refractivity contribution in [2.45, 2.75) is 77.7 Å². The summed E-state index contributed by atoms with van der Waals surface area (Å²) in [7, 11) is 2.08. The molecule has 0 radical (unpaired) electrons. The lowest BCUT2D eigenvalue weighted by Gasteiger charge is -2.38. The van der Waals surface area contributed by atoms with Crippen molar-refractivity contribution in [2.24, 2.45) is 7.05 Å². The first kappa shape index (κ1) is 44.1. The lowest BCUT2D eigenvalue weighted by Crippen LogP contribution is -2.38. The average Bonchev–Trinajstić information content (AvgIpc) is 4.13. The average molecular weight is 930 g/mol. The Labute approximate surface area is 425 Å². The van der Waals surface area contributed by atoms with Crippen LogP contribution in [0.1, 0.15) is 120 Å². The summed E-state index contributed by atoms with van der Waals surface area (Å²) in [4.78, 5) is 5.44. The third-order valence-electron chi connectivity index (χ3n) is 17.1. The standard InChI is InChI=1S/C69H59N3/c1-42(2)49-34-35-70-60(38-49)68(56-30-12-20-45(5)63(56)64-46(6)21-13-31-57(64)68)52-26-16-24-50(39-52)67(54-28-10-18-43(3)61(54)62-44(4)19-11-29-55(62)67)51-25-17-27-53(40-51)69(72-37-36-71(9)41-72)58-32-14-22-47(7)65(58)66-48(8)23-15-33-59(66)69/h10-40,42H,1-9H3. The van der Waals surface area contributed by atoms with Crippen molar-refractivity contribution in [1.29, 1.82) is 0 Å². The van der Waals surface area contributed by atoms with E-state index in [2.05, 4.69) is 260 Å². The molecule has 2 heterocycles. The summed E-state index contributed by atoms with van der Waals surface area (Å²) in [6.07, 6.45) is 10.2. The van der Waals surface area contributed by atoms with Gasteiger partial charge in [0.25, 0.3) is 0 Å². The Morgan fingerprint density at radius 2 is 0.792 bits per heavy atom. The topological polar surface area (TPSA) is 21.7 Å². The van der Waals surface area contributed by atoms with E-state index in [9.17, 15) is 0 Å². The SMILES string of the molecule is Cc1cccc2c1-c1c(C)cccc1C2(c1cccc(C2(c3cc(C(C)C)ccn3)c3cccc(C)c3-c3c(C)cccc32)c1)c1cccc(C2(n3[c-][n+](C)cc3)c3cccc(C)c3-c3c(C)cccc32)c1. The number of pyridine rings is 1. The minimum absolute atomic E-state index is 0.334. The van der Waals surface area contributed by atoms with E-state index < -0.39 is 16.4 Å². The van der Waals surface area contributed by atoms with Gasteiger partial charge in [-0.15, -0.1) is 0 Å². The smallest absolute Gasteiger partial charge is 0.204 e. The van der Waals surface area contributed by atoms with Crippen molar-refractivity contribution in [1.82, 2.24) is 9.55 Å². The fourth-order valence-electron chi connectivity index (χ4n) is 14.1. The molecule has 0 amide bonds. The van der Waals surface area contributed by atoms with E-state index in [-0.39, 0.29) is 0 Å². The number of aryl methyl sites for hydroxylation is 7. The molecule has 350 valence electrons. The van der Waals surface area contributed by atoms with E-state index in [1.54, 1.807) is 0 Å². The van der Waals surface area contributed by atoms with Gasteiger partial charge in [-0.25, -0.2) is 0 Å². The lowest BCUT2D eigenvalue weighted by atomic mass is 9.64. The van der Waals surface area contributed by atoms with Crippen molar-refractivity contribution in [3.8, 4) is 33.4 Å². The largest absolute Gasteiger partial charge is 0.354 e. The summed E-state index contributed by atoms with van der Waals surface area (Å²) in [5, 5.41) is 0. The van der Waals surface area contributed by atoms with Crippen LogP contribution in [0.2, 0.25) is 0 Å². The molecule has 3 aliphatic rings. The Morgan fingerprint density at radius 3 is 1.21 bits per heavy atom. The van der Waals surface area contributed by atoms with Gasteiger partial charge in [0.2, 0.25) is 6.33 Å². The zero-order chi connectivity index (χ0) is 49.4. The number of fused-ring (bicyclic) bond motifs is 9. The first-order valence-electron chi connectivity index (χ1n) is 25.7. The predicted molar refractivity (Wildman–Crippen MR) is 293 cm³/mol. The number of benzene rings is 8. The van der Waals surface area contributed by atoms with Crippen molar-refractivity contribution >= 4 is 0 Å². The van der Waals surface area contributed by atoms with Crippen LogP contribution in [0.15, 0.2) is 188 Å². The molecule has 2 aromatic heterocycles. The van der Waals surface area contributed by atoms with Gasteiger partial charge in [-0.05, 0) is 189 Å². The molecule has 8 aromatic carbocycles. The quantitative estimate of drug-likeness (QED) is 0.115. The van der Waals surface area contributed by atoms with Crippen LogP contribution in [0.25, 0.3) is 33.4 Å². The Kier molecular flexibility index (Phi) is 9.68. The van der Waals surface area contributed by atoms with Gasteiger partial charge in [0.05, 0.1) is 23.6 Å². The number of rotatable bonds is 7. The fourth-order valence-corrected chi connectivity index (χ4v) is 14.1. The number of imidazole rings is 1. The zero-order valence-corrected chi connectivity index (χ0v) is 42.8. The lowest BCUT2D eigenvalue weighted by molar-refractivity contribution is -0.675. The van der Waals surface area contributed by atoms with Gasteiger partial charge in [0, 0.05) is 22.9 Å². The number of hydrogen-bond acceptors (Lipinski definition) is 1. The van der Waals surface area contributed by atoms with Gasteiger partial charge in [0.1, 0.15) is 0 Å². The summed E-state index contributed by atoms with van der Waals surface area (Å²) >= 11 is 0. The van der Waals surface area contributed by atoms with Gasteiger partial charge in [0.15, 0.2) is 5.54 Å². The molecule has 0 N–H and O–H groups in total. The normalized spacial score (nSPS) is 14.9. The molecule has 0 spiro atoms. The highest BCUT2D eigenvalue weighted by molar-refractivity contribution is 5.93. The third-order valence-corrected chi connectivity index (χ3v) is 17.1. The minimum atomic E-state index is -0.720. The predicted octanol–water partition coefficient (Wildman–Crippen LogP) is 15.0. The van der Waals surface area contributed by atoms with Crippen LogP contribution in [-0.2, 0) is 23.4 Å². The second-order valence-corrected chi connectivity index (χ2v) is 21.4. The molecule has 0 saturated heterocycles. The number of nitrogens with zero attached hydrogens (tertiary/aromatic N) is 3. The molecule has 0 fully saturated rings. The highest BCUT2D eigenvalue weighted by Crippen LogP contribution is 2.62. The molecule has 0 unspecified atom stereocenters. The van der Waals surface area contributed by atoms with Gasteiger partial charge in [-0.2, -0.15) is 0 Å². The molecule has 72 heavy (non-hydrogen) atoms. The van der Waals surface area contributed by atoms with E-state index in [0.29, 0.717) is 5.92 Å². The maximum Gasteiger partial charge on any atom is 0.204 e. The highest BCUT2D eigenvalue weighted by atomic mass is 15.2. The van der Waals surface area contributed by atoms with Gasteiger partial charge < -0.3 is 9.13 Å². The highest BCUT2D eigenvalue weighted by Gasteiger charge is 2.54. The monoisotopic (exact) mass is 929 g/mol. The molecule has 0 aliphatic heterocycles. The maximum absolute atomic E-state index is 5.44. The molecule has 3 heteroatoms. The van der Waals surface area contributed by atoms with Crippen LogP contribution >= 0.6 is 0 Å². The van der Waals surface area contributed by atoms with Crippen molar-refractivity contribution in [3.05, 3.63) is 295 Å². The van der Waals surface area contributed by atoms with Crippen LogP contribution in [0.5, 0.6) is 0 Å². The second kappa shape index (κ2) is 15.8. The summed E-state index contributed by atoms with van der Waals surface area (Å²) in [5.41, 5.74) is 28.4. The summed E-state index contributed by atoms with van der Waals surface area (Å²) in [5.74, 6) is 0.334. The molecule has 0 saturated carbocycles. The van der Waals surface area contributed by atoms with Gasteiger partial charge in [-0.1, -0.05) is 166 Å². The molecule has 0 bridgehead atoms. The van der Waals surface area contributed by atoms with E-state index in [1.165, 1.54) is 128 Å². The van der Waals surface area contributed by atoms with Crippen LogP contribution in [0.4, 0.5) is 0 Å². The first-order valence-corrected chi connectivity index (χ1v) is 25.7. The Hall–Kier alpha value is -7.88. The van der Waals surface area contributed by atoms with E-state index in [4.69, 9.17) is 4.98 Å². The zero-order valence-electron chi connectivity index (χ0n) is 42.8. The molecule has 0 atom stereocenters. The molecule has 10 aromatic rings. The minimum Gasteiger partial charge on any atom is -0.354 e. The Balaban J connectivity index is 1.17. The second-order valence-electron chi connectivity index (χ2n) is 21.4. The fraction of sp³-hybridized carbons (Fsp3) is 0.188. The van der Waals surface area contributed by atoms with Crippen LogP contribution in [0, 0.1) is 47.9 Å². The van der Waals surface area contributed by atoms with Crippen molar-refractivity contribution < 1.29 is 4.57 Å². The third kappa shape index (κ3) is 5.62. The molecule has 3 aliphatic carbocycles. The molecule has 13 rings (SSSR count). The van der Waals surface area contributed by atoms with Gasteiger partial charge >= 0.3 is 0 Å². The molecule has 3 nitrogen and oxygen atoms in total. The van der Waals surface area contributed by atoms with Crippen molar-refractivity contribution in [2.75, 3.05) is 0 Å². The number of hydrogen-bond donors (Lipinski definition) is 0. The summed E-state index contributed by atoms with van der Waals surface area (Å²) in [6, 6.07) is 65.5. The van der Waals surface area contributed by atoms with E-state index >= 15 is 0 Å². The Morgan fingerprint density at radius 1 is 0.431 bits per heavy atom. The van der Waals surface area contributed by atoms with E-state index in [0.717, 1.165) is 5.69 Å². The maximum atomic E-state index is 5.44. The molecular formula is C69H59N3. The summed E-state index contributed by atoms with van der Waals surface area (Å²) < 4.78 is 4.40. The van der Waals surface area contributed by atoms with E-state index in [1.807, 2.05) is 6.20 Å². The number of aromatic nitrogens is 3. The summed E-state index contributed by atoms with van der Waals surface area (Å²) in [6.45, 7) is 18.3. The van der Waals surface area contributed by atoms with Crippen LogP contribution in [-0.4, -0.2) is 9.55 Å². The first-order chi connectivity index (χ1) is 34.9. The molecular weight excluding hydrogens is 871 g/mol. The Bertz CT molecular complexity index is 3740. The van der Waals surface area contributed by atoms with Crippen molar-refractivity contribution in [3.63, 3.8) is 0 Å². The van der Waals surface area contributed by atoms with Gasteiger partial charge in [-0.3, -0.25) is 4.98 Å².